The van der Waals surface area contributed by atoms with Gasteiger partial charge in [0.05, 0.1) is 5.41 Å². The zero-order valence-corrected chi connectivity index (χ0v) is 11.2. The Bertz CT molecular complexity index is 390. The van der Waals surface area contributed by atoms with E-state index in [1.807, 2.05) is 39.4 Å². The summed E-state index contributed by atoms with van der Waals surface area (Å²) in [6.45, 7) is 0. The number of para-hydroxylation sites is 1. The van der Waals surface area contributed by atoms with Crippen LogP contribution in [0.1, 0.15) is 24.8 Å². The number of hydrogen-bond donors (Lipinski definition) is 2. The van der Waals surface area contributed by atoms with Gasteiger partial charge >= 0.3 is 0 Å². The van der Waals surface area contributed by atoms with Crippen LogP contribution >= 0.6 is 31.0 Å². The third kappa shape index (κ3) is 1.58. The normalized spacial score (nSPS) is 19.7. The summed E-state index contributed by atoms with van der Waals surface area (Å²) in [6.07, 6.45) is 3.23. The van der Waals surface area contributed by atoms with Crippen molar-refractivity contribution in [2.45, 2.75) is 24.7 Å². The molecule has 1 aromatic carbocycles. The van der Waals surface area contributed by atoms with Crippen LogP contribution in [0.5, 0.6) is 0 Å². The van der Waals surface area contributed by atoms with Gasteiger partial charge in [0.25, 0.3) is 0 Å². The molecule has 0 saturated heterocycles. The van der Waals surface area contributed by atoms with Crippen molar-refractivity contribution < 1.29 is 4.79 Å². The van der Waals surface area contributed by atoms with Gasteiger partial charge in [-0.05, 0) is 45.7 Å². The number of rotatable bonds is 0. The Kier molecular flexibility index (Phi) is 3.25. The number of amides is 1. The van der Waals surface area contributed by atoms with Crippen LogP contribution < -0.4 is 5.32 Å². The standard InChI is InChI=1S/C11H11NO.HIS/c13-10-11(6-3-7-11)8-4-1-2-5-9(8)12-10;1-2/h1-2,4-5H,3,6-7H2,(H,12,13);2H. The molecule has 4 heteroatoms. The van der Waals surface area contributed by atoms with Gasteiger partial charge in [0, 0.05) is 5.69 Å². The quantitative estimate of drug-likeness (QED) is 0.553. The van der Waals surface area contributed by atoms with Crippen molar-refractivity contribution >= 4 is 42.6 Å². The van der Waals surface area contributed by atoms with E-state index in [2.05, 4.69) is 21.2 Å². The van der Waals surface area contributed by atoms with Crippen LogP contribution in [-0.4, -0.2) is 5.91 Å². The Balaban J connectivity index is 0.000000404. The van der Waals surface area contributed by atoms with Gasteiger partial charge < -0.3 is 5.32 Å². The Hall–Kier alpha value is -0.230. The van der Waals surface area contributed by atoms with E-state index < -0.39 is 0 Å². The van der Waals surface area contributed by atoms with Gasteiger partial charge in [-0.1, -0.05) is 24.6 Å². The Morgan fingerprint density at radius 3 is 2.53 bits per heavy atom. The number of nitrogens with one attached hydrogen (secondary N) is 1. The summed E-state index contributed by atoms with van der Waals surface area (Å²) < 4.78 is 0. The molecule has 1 heterocycles. The minimum atomic E-state index is -0.142. The Morgan fingerprint density at radius 2 is 1.93 bits per heavy atom. The molecule has 0 bridgehead atoms. The highest BCUT2D eigenvalue weighted by atomic mass is 127. The number of benzene rings is 1. The van der Waals surface area contributed by atoms with Gasteiger partial charge in [-0.25, -0.2) is 0 Å². The maximum Gasteiger partial charge on any atom is 0.235 e. The van der Waals surface area contributed by atoms with E-state index in [1.165, 1.54) is 12.0 Å². The summed E-state index contributed by atoms with van der Waals surface area (Å²) in [7, 11) is 3.50. The molecule has 1 N–H and O–H groups in total. The molecule has 2 aliphatic rings. The number of thiol groups is 1. The van der Waals surface area contributed by atoms with Crippen LogP contribution in [0, 0.1) is 0 Å². The summed E-state index contributed by atoms with van der Waals surface area (Å²) in [4.78, 5) is 11.7. The zero-order valence-electron chi connectivity index (χ0n) is 8.16. The van der Waals surface area contributed by atoms with Gasteiger partial charge in [-0.3, -0.25) is 4.79 Å². The average molecular weight is 333 g/mol. The molecule has 15 heavy (non-hydrogen) atoms. The van der Waals surface area contributed by atoms with E-state index in [-0.39, 0.29) is 11.3 Å². The molecule has 1 fully saturated rings. The molecule has 0 radical (unpaired) electrons. The van der Waals surface area contributed by atoms with Crippen molar-refractivity contribution in [2.75, 3.05) is 5.32 Å². The van der Waals surface area contributed by atoms with Crippen molar-refractivity contribution in [3.8, 4) is 0 Å². The Morgan fingerprint density at radius 1 is 1.27 bits per heavy atom. The lowest BCUT2D eigenvalue weighted by atomic mass is 9.65. The van der Waals surface area contributed by atoms with Gasteiger partial charge in [0.2, 0.25) is 5.91 Å². The van der Waals surface area contributed by atoms with Crippen molar-refractivity contribution in [3.05, 3.63) is 29.8 Å². The number of hydrogen-bond acceptors (Lipinski definition) is 2. The number of anilines is 1. The van der Waals surface area contributed by atoms with Crippen LogP contribution in [0.15, 0.2) is 24.3 Å². The van der Waals surface area contributed by atoms with Crippen LogP contribution in [0.3, 0.4) is 0 Å². The first-order chi connectivity index (χ1) is 7.33. The average Bonchev–Trinajstić information content (AvgIpc) is 2.52. The van der Waals surface area contributed by atoms with Gasteiger partial charge in [-0.15, -0.1) is 9.80 Å². The lowest BCUT2D eigenvalue weighted by Gasteiger charge is -2.35. The second-order valence-electron chi connectivity index (χ2n) is 3.94. The van der Waals surface area contributed by atoms with Crippen molar-refractivity contribution in [2.24, 2.45) is 0 Å². The molecule has 80 valence electrons. The molecule has 1 aromatic rings. The van der Waals surface area contributed by atoms with Gasteiger partial charge in [0.1, 0.15) is 0 Å². The zero-order chi connectivity index (χ0) is 10.9. The van der Waals surface area contributed by atoms with E-state index in [1.54, 1.807) is 0 Å². The molecule has 1 spiro atoms. The second kappa shape index (κ2) is 4.33. The molecule has 0 atom stereocenters. The minimum absolute atomic E-state index is 0.142. The summed E-state index contributed by atoms with van der Waals surface area (Å²) >= 11 is 1.84. The summed E-state index contributed by atoms with van der Waals surface area (Å²) in [5, 5.41) is 2.95. The molecule has 1 aliphatic carbocycles. The van der Waals surface area contributed by atoms with E-state index >= 15 is 0 Å². The van der Waals surface area contributed by atoms with Gasteiger partial charge in [0.15, 0.2) is 0 Å². The van der Waals surface area contributed by atoms with Gasteiger partial charge in [-0.2, -0.15) is 0 Å². The van der Waals surface area contributed by atoms with E-state index in [0.29, 0.717) is 0 Å². The Labute approximate surface area is 107 Å². The highest BCUT2D eigenvalue weighted by Crippen LogP contribution is 2.50. The van der Waals surface area contributed by atoms with Crippen LogP contribution in [0.2, 0.25) is 0 Å². The third-order valence-electron chi connectivity index (χ3n) is 3.33. The number of carbonyl (C=O) groups excluding carboxylic acids is 1. The first kappa shape index (κ1) is 11.3. The van der Waals surface area contributed by atoms with Crippen LogP contribution in [0.25, 0.3) is 0 Å². The third-order valence-corrected chi connectivity index (χ3v) is 3.33. The molecule has 1 aliphatic heterocycles. The van der Waals surface area contributed by atoms with Crippen molar-refractivity contribution in [3.63, 3.8) is 0 Å². The lowest BCUT2D eigenvalue weighted by molar-refractivity contribution is -0.123. The largest absolute Gasteiger partial charge is 0.325 e. The minimum Gasteiger partial charge on any atom is -0.325 e. The first-order valence-corrected chi connectivity index (χ1v) is 8.14. The first-order valence-electron chi connectivity index (χ1n) is 4.91. The molecule has 1 saturated carbocycles. The fourth-order valence-electron chi connectivity index (χ4n) is 2.40. The topological polar surface area (TPSA) is 29.1 Å². The van der Waals surface area contributed by atoms with E-state index in [9.17, 15) is 4.79 Å². The van der Waals surface area contributed by atoms with Crippen molar-refractivity contribution in [1.82, 2.24) is 0 Å². The smallest absolute Gasteiger partial charge is 0.235 e. The number of fused-ring (bicyclic) bond motifs is 2. The predicted octanol–water partition coefficient (Wildman–Crippen LogP) is 3.33. The SMILES string of the molecule is O=C1Nc2ccccc2C12CCC2.SI. The maximum atomic E-state index is 11.7. The maximum absolute atomic E-state index is 11.7. The molecular formula is C11H12INOS. The second-order valence-corrected chi connectivity index (χ2v) is 3.94. The summed E-state index contributed by atoms with van der Waals surface area (Å²) in [5.41, 5.74) is 2.09. The molecule has 0 unspecified atom stereocenters. The molecule has 3 rings (SSSR count). The monoisotopic (exact) mass is 333 g/mol. The molecule has 1 amide bonds. The molecule has 2 nitrogen and oxygen atoms in total. The lowest BCUT2D eigenvalue weighted by Crippen LogP contribution is -2.40. The molecule has 0 aromatic heterocycles. The van der Waals surface area contributed by atoms with Crippen LogP contribution in [0.4, 0.5) is 5.69 Å². The highest BCUT2D eigenvalue weighted by molar-refractivity contribution is 14.2. The highest BCUT2D eigenvalue weighted by Gasteiger charge is 2.50. The van der Waals surface area contributed by atoms with Crippen LogP contribution in [-0.2, 0) is 10.2 Å². The van der Waals surface area contributed by atoms with E-state index in [4.69, 9.17) is 0 Å². The summed E-state index contributed by atoms with van der Waals surface area (Å²) in [6, 6.07) is 8.04. The molecular weight excluding hydrogens is 321 g/mol. The fraction of sp³-hybridized carbons (Fsp3) is 0.364. The fourth-order valence-corrected chi connectivity index (χ4v) is 2.40. The summed E-state index contributed by atoms with van der Waals surface area (Å²) in [5.74, 6) is 0.208. The van der Waals surface area contributed by atoms with E-state index in [0.717, 1.165) is 18.5 Å². The predicted molar refractivity (Wildman–Crippen MR) is 73.6 cm³/mol. The number of halogens is 1. The van der Waals surface area contributed by atoms with Crippen molar-refractivity contribution in [1.29, 1.82) is 0 Å². The number of carbonyl (C=O) groups is 1.